The number of hydrogen-bond donors (Lipinski definition) is 4. The molecule has 0 aliphatic heterocycles. The third-order valence-electron chi connectivity index (χ3n) is 7.98. The highest BCUT2D eigenvalue weighted by Crippen LogP contribution is 2.55. The van der Waals surface area contributed by atoms with E-state index in [1.165, 1.54) is 12.8 Å². The monoisotopic (exact) mass is 492 g/mol. The molecule has 0 spiro atoms. The first kappa shape index (κ1) is 23.8. The second-order valence-corrected chi connectivity index (χ2v) is 12.8. The molecule has 5 fully saturated rings. The number of rotatable bonds is 8. The van der Waals surface area contributed by atoms with E-state index >= 15 is 0 Å². The number of amides is 3. The predicted octanol–water partition coefficient (Wildman–Crippen LogP) is 3.20. The molecule has 5 N–H and O–H groups in total. The van der Waals surface area contributed by atoms with Gasteiger partial charge >= 0.3 is 6.03 Å². The van der Waals surface area contributed by atoms with Gasteiger partial charge in [-0.2, -0.15) is 0 Å². The number of hydrogen-bond acceptors (Lipinski definition) is 7. The van der Waals surface area contributed by atoms with E-state index < -0.39 is 17.2 Å². The molecule has 0 radical (unpaired) electrons. The zero-order valence-corrected chi connectivity index (χ0v) is 20.8. The molecule has 4 bridgehead atoms. The summed E-state index contributed by atoms with van der Waals surface area (Å²) in [4.78, 5) is 25.3. The SMILES string of the molecule is CC(C)(COc1noc(C(=O)N[C@H]2C3CC4CC2C[C@](O)(C4)C3)c1SC1CCCC1)NC(N)=O. The Morgan fingerprint density at radius 2 is 1.91 bits per heavy atom. The molecule has 1 aromatic rings. The molecule has 5 aliphatic carbocycles. The topological polar surface area (TPSA) is 140 Å². The van der Waals surface area contributed by atoms with E-state index in [1.54, 1.807) is 25.6 Å². The average Bonchev–Trinajstić information content (AvgIpc) is 3.37. The number of nitrogens with one attached hydrogen (secondary N) is 2. The van der Waals surface area contributed by atoms with Crippen molar-refractivity contribution in [1.82, 2.24) is 15.8 Å². The molecule has 2 atom stereocenters. The molecule has 1 aromatic heterocycles. The summed E-state index contributed by atoms with van der Waals surface area (Å²) in [5.41, 5.74) is 4.02. The smallest absolute Gasteiger partial charge is 0.312 e. The van der Waals surface area contributed by atoms with Gasteiger partial charge in [0.15, 0.2) is 0 Å². The van der Waals surface area contributed by atoms with Crippen LogP contribution in [0, 0.1) is 17.8 Å². The first-order valence-electron chi connectivity index (χ1n) is 12.5. The van der Waals surface area contributed by atoms with E-state index in [9.17, 15) is 14.7 Å². The van der Waals surface area contributed by atoms with Gasteiger partial charge < -0.3 is 30.7 Å². The molecule has 1 heterocycles. The molecular formula is C24H36N4O5S. The number of primary amides is 1. The van der Waals surface area contributed by atoms with Gasteiger partial charge in [-0.25, -0.2) is 4.79 Å². The summed E-state index contributed by atoms with van der Waals surface area (Å²) < 4.78 is 11.5. The molecule has 0 aromatic carbocycles. The number of carbonyl (C=O) groups is 2. The van der Waals surface area contributed by atoms with Gasteiger partial charge in [-0.15, -0.1) is 11.8 Å². The molecule has 188 valence electrons. The van der Waals surface area contributed by atoms with Crippen LogP contribution in [-0.4, -0.2) is 51.2 Å². The van der Waals surface area contributed by atoms with E-state index in [2.05, 4.69) is 15.8 Å². The van der Waals surface area contributed by atoms with Gasteiger partial charge in [-0.1, -0.05) is 12.8 Å². The molecule has 5 saturated carbocycles. The fraction of sp³-hybridized carbons (Fsp3) is 0.792. The molecular weight excluding hydrogens is 456 g/mol. The first-order valence-corrected chi connectivity index (χ1v) is 13.4. The van der Waals surface area contributed by atoms with Crippen LogP contribution in [0.3, 0.4) is 0 Å². The molecule has 5 aliphatic rings. The minimum absolute atomic E-state index is 0.0572. The quantitative estimate of drug-likeness (QED) is 0.437. The Balaban J connectivity index is 1.32. The molecule has 0 saturated heterocycles. The number of nitrogens with two attached hydrogens (primary N) is 1. The Hall–Kier alpha value is -1.94. The first-order chi connectivity index (χ1) is 16.1. The Bertz CT molecular complexity index is 928. The van der Waals surface area contributed by atoms with Crippen molar-refractivity contribution in [2.75, 3.05) is 6.61 Å². The zero-order chi connectivity index (χ0) is 24.1. The van der Waals surface area contributed by atoms with Crippen molar-refractivity contribution in [1.29, 1.82) is 0 Å². The van der Waals surface area contributed by atoms with Crippen LogP contribution in [-0.2, 0) is 0 Å². The lowest BCUT2D eigenvalue weighted by molar-refractivity contribution is -0.137. The summed E-state index contributed by atoms with van der Waals surface area (Å²) in [6, 6.07) is -0.573. The molecule has 9 nitrogen and oxygen atoms in total. The third kappa shape index (κ3) is 4.89. The Kier molecular flexibility index (Phi) is 6.25. The lowest BCUT2D eigenvalue weighted by Crippen LogP contribution is -2.61. The van der Waals surface area contributed by atoms with Gasteiger partial charge in [0.2, 0.25) is 5.76 Å². The van der Waals surface area contributed by atoms with E-state index in [1.807, 2.05) is 0 Å². The van der Waals surface area contributed by atoms with Crippen molar-refractivity contribution in [3.05, 3.63) is 5.76 Å². The van der Waals surface area contributed by atoms with Crippen molar-refractivity contribution in [2.45, 2.75) is 99.0 Å². The van der Waals surface area contributed by atoms with Crippen LogP contribution in [0.4, 0.5) is 4.79 Å². The van der Waals surface area contributed by atoms with Crippen LogP contribution in [0.25, 0.3) is 0 Å². The average molecular weight is 493 g/mol. The normalized spacial score (nSPS) is 32.7. The van der Waals surface area contributed by atoms with Gasteiger partial charge in [-0.3, -0.25) is 4.79 Å². The maximum absolute atomic E-state index is 13.4. The molecule has 10 heteroatoms. The molecule has 2 unspecified atom stereocenters. The lowest BCUT2D eigenvalue weighted by atomic mass is 9.52. The number of ether oxygens (including phenoxy) is 1. The number of nitrogens with zero attached hydrogens (tertiary/aromatic N) is 1. The fourth-order valence-electron chi connectivity index (χ4n) is 6.83. The Morgan fingerprint density at radius 1 is 1.24 bits per heavy atom. The minimum atomic E-state index is -0.705. The van der Waals surface area contributed by atoms with Crippen molar-refractivity contribution in [2.24, 2.45) is 23.5 Å². The summed E-state index contributed by atoms with van der Waals surface area (Å²) in [6.07, 6.45) is 9.09. The fourth-order valence-corrected chi connectivity index (χ4v) is 8.17. The van der Waals surface area contributed by atoms with Gasteiger partial charge in [0.1, 0.15) is 11.5 Å². The van der Waals surface area contributed by atoms with Crippen LogP contribution in [0.1, 0.15) is 82.2 Å². The summed E-state index contributed by atoms with van der Waals surface area (Å²) in [7, 11) is 0. The van der Waals surface area contributed by atoms with Gasteiger partial charge in [0, 0.05) is 11.3 Å². The largest absolute Gasteiger partial charge is 0.472 e. The van der Waals surface area contributed by atoms with Crippen LogP contribution in [0.5, 0.6) is 5.88 Å². The van der Waals surface area contributed by atoms with Crippen LogP contribution >= 0.6 is 11.8 Å². The van der Waals surface area contributed by atoms with Crippen LogP contribution < -0.4 is 21.1 Å². The highest BCUT2D eigenvalue weighted by Gasteiger charge is 2.55. The van der Waals surface area contributed by atoms with Crippen molar-refractivity contribution >= 4 is 23.7 Å². The standard InChI is InChI=1S/C24H36N4O5S/c1-23(2,27-22(25)30)12-32-21-19(34-16-5-3-4-6-16)18(33-28-21)20(29)26-17-14-7-13-8-15(17)11-24(31,9-13)10-14/h13-17,31H,3-12H2,1-2H3,(H,26,29)(H3,25,27,30)/t13?,14?,15?,17-,24-. The number of urea groups is 1. The Labute approximate surface area is 204 Å². The summed E-state index contributed by atoms with van der Waals surface area (Å²) in [6.45, 7) is 3.74. The minimum Gasteiger partial charge on any atom is -0.472 e. The molecule has 3 amide bonds. The molecule has 34 heavy (non-hydrogen) atoms. The number of carbonyl (C=O) groups excluding carboxylic acids is 2. The zero-order valence-electron chi connectivity index (χ0n) is 20.0. The van der Waals surface area contributed by atoms with E-state index in [4.69, 9.17) is 15.0 Å². The number of aromatic nitrogens is 1. The van der Waals surface area contributed by atoms with E-state index in [-0.39, 0.29) is 30.2 Å². The summed E-state index contributed by atoms with van der Waals surface area (Å²) in [5.74, 6) is 1.41. The number of thioether (sulfide) groups is 1. The number of aliphatic hydroxyl groups is 1. The van der Waals surface area contributed by atoms with Gasteiger partial charge in [0.25, 0.3) is 11.8 Å². The van der Waals surface area contributed by atoms with Crippen LogP contribution in [0.15, 0.2) is 9.42 Å². The predicted molar refractivity (Wildman–Crippen MR) is 127 cm³/mol. The third-order valence-corrected chi connectivity index (χ3v) is 9.38. The van der Waals surface area contributed by atoms with Crippen molar-refractivity contribution in [3.63, 3.8) is 0 Å². The molecule has 6 rings (SSSR count). The maximum Gasteiger partial charge on any atom is 0.312 e. The maximum atomic E-state index is 13.4. The second-order valence-electron chi connectivity index (χ2n) is 11.5. The van der Waals surface area contributed by atoms with E-state index in [0.29, 0.717) is 27.9 Å². The second kappa shape index (κ2) is 8.93. The summed E-state index contributed by atoms with van der Waals surface area (Å²) >= 11 is 1.60. The summed E-state index contributed by atoms with van der Waals surface area (Å²) in [5, 5.41) is 21.2. The Morgan fingerprint density at radius 3 is 2.53 bits per heavy atom. The lowest BCUT2D eigenvalue weighted by Gasteiger charge is -2.58. The van der Waals surface area contributed by atoms with Gasteiger partial charge in [-0.05, 0) is 81.7 Å². The highest BCUT2D eigenvalue weighted by molar-refractivity contribution is 8.00. The van der Waals surface area contributed by atoms with Crippen molar-refractivity contribution in [3.8, 4) is 5.88 Å². The van der Waals surface area contributed by atoms with Gasteiger partial charge in [0.05, 0.1) is 11.1 Å². The van der Waals surface area contributed by atoms with Crippen LogP contribution in [0.2, 0.25) is 0 Å². The van der Waals surface area contributed by atoms with Crippen molar-refractivity contribution < 1.29 is 24.0 Å². The highest BCUT2D eigenvalue weighted by atomic mass is 32.2. The van der Waals surface area contributed by atoms with E-state index in [0.717, 1.165) is 44.9 Å².